The molecule has 2 rings (SSSR count). The van der Waals surface area contributed by atoms with Crippen LogP contribution in [0.4, 0.5) is 5.69 Å². The highest BCUT2D eigenvalue weighted by molar-refractivity contribution is 7.92. The van der Waals surface area contributed by atoms with Gasteiger partial charge in [-0.2, -0.15) is 0 Å². The fourth-order valence-electron chi connectivity index (χ4n) is 3.77. The number of anilines is 1. The van der Waals surface area contributed by atoms with E-state index in [1.807, 2.05) is 70.2 Å². The van der Waals surface area contributed by atoms with Crippen molar-refractivity contribution in [3.05, 3.63) is 65.2 Å². The summed E-state index contributed by atoms with van der Waals surface area (Å²) in [6, 6.07) is 14.5. The largest absolute Gasteiger partial charge is 0.355 e. The minimum absolute atomic E-state index is 0.237. The third-order valence-electron chi connectivity index (χ3n) is 5.53. The monoisotopic (exact) mass is 473 g/mol. The second-order valence-corrected chi connectivity index (χ2v) is 10.1. The summed E-state index contributed by atoms with van der Waals surface area (Å²) in [5.41, 5.74) is 3.16. The molecule has 33 heavy (non-hydrogen) atoms. The van der Waals surface area contributed by atoms with Crippen LogP contribution in [0.5, 0.6) is 0 Å². The van der Waals surface area contributed by atoms with E-state index < -0.39 is 22.0 Å². The van der Waals surface area contributed by atoms with Gasteiger partial charge in [0.1, 0.15) is 12.6 Å². The van der Waals surface area contributed by atoms with Crippen molar-refractivity contribution >= 4 is 27.5 Å². The van der Waals surface area contributed by atoms with E-state index in [0.29, 0.717) is 31.6 Å². The summed E-state index contributed by atoms with van der Waals surface area (Å²) in [6.45, 7) is 7.76. The van der Waals surface area contributed by atoms with Gasteiger partial charge in [-0.1, -0.05) is 49.4 Å². The van der Waals surface area contributed by atoms with Gasteiger partial charge in [-0.25, -0.2) is 8.42 Å². The summed E-state index contributed by atoms with van der Waals surface area (Å²) in [6.07, 6.45) is 2.08. The molecule has 0 aromatic heterocycles. The molecule has 7 nitrogen and oxygen atoms in total. The molecule has 0 spiro atoms. The van der Waals surface area contributed by atoms with Gasteiger partial charge < -0.3 is 10.2 Å². The van der Waals surface area contributed by atoms with Crippen molar-refractivity contribution in [1.29, 1.82) is 0 Å². The van der Waals surface area contributed by atoms with E-state index in [0.717, 1.165) is 27.3 Å². The Morgan fingerprint density at radius 2 is 1.70 bits per heavy atom. The third kappa shape index (κ3) is 7.32. The molecule has 0 heterocycles. The van der Waals surface area contributed by atoms with Crippen LogP contribution in [0.25, 0.3) is 0 Å². The standard InChI is InChI=1S/C25H35N3O4S/c1-6-22(25(30)26-7-2)27(16-15-21-11-9-8-10-12-21)24(29)18-28(33(5,31)32)23-17-19(3)13-14-20(23)4/h8-14,17,22H,6-7,15-16,18H2,1-5H3,(H,26,30). The Balaban J connectivity index is 2.39. The maximum Gasteiger partial charge on any atom is 0.244 e. The quantitative estimate of drug-likeness (QED) is 0.543. The zero-order valence-electron chi connectivity index (χ0n) is 20.2. The van der Waals surface area contributed by atoms with E-state index in [2.05, 4.69) is 5.32 Å². The maximum absolute atomic E-state index is 13.5. The number of sulfonamides is 1. The molecule has 2 amide bonds. The Labute approximate surface area is 197 Å². The normalized spacial score (nSPS) is 12.2. The Morgan fingerprint density at radius 1 is 1.03 bits per heavy atom. The number of hydrogen-bond donors (Lipinski definition) is 1. The van der Waals surface area contributed by atoms with Crippen LogP contribution in [0.1, 0.15) is 37.0 Å². The van der Waals surface area contributed by atoms with E-state index in [9.17, 15) is 18.0 Å². The first kappa shape index (κ1) is 26.4. The Hall–Kier alpha value is -2.87. The third-order valence-corrected chi connectivity index (χ3v) is 6.66. The van der Waals surface area contributed by atoms with Gasteiger partial charge in [0.05, 0.1) is 11.9 Å². The first-order chi connectivity index (χ1) is 15.6. The number of amides is 2. The average Bonchev–Trinajstić information content (AvgIpc) is 2.76. The van der Waals surface area contributed by atoms with Crippen LogP contribution in [0.15, 0.2) is 48.5 Å². The van der Waals surface area contributed by atoms with Gasteiger partial charge in [0.15, 0.2) is 0 Å². The lowest BCUT2D eigenvalue weighted by molar-refractivity contribution is -0.139. The number of carbonyl (C=O) groups excluding carboxylic acids is 2. The molecule has 1 N–H and O–H groups in total. The molecule has 0 saturated carbocycles. The summed E-state index contributed by atoms with van der Waals surface area (Å²) in [5.74, 6) is -0.644. The molecule has 1 unspecified atom stereocenters. The number of nitrogens with zero attached hydrogens (tertiary/aromatic N) is 2. The van der Waals surface area contributed by atoms with E-state index in [4.69, 9.17) is 0 Å². The fraction of sp³-hybridized carbons (Fsp3) is 0.440. The van der Waals surface area contributed by atoms with Crippen molar-refractivity contribution < 1.29 is 18.0 Å². The summed E-state index contributed by atoms with van der Waals surface area (Å²) in [5, 5.41) is 2.80. The lowest BCUT2D eigenvalue weighted by atomic mass is 10.1. The second-order valence-electron chi connectivity index (χ2n) is 8.20. The topological polar surface area (TPSA) is 86.8 Å². The highest BCUT2D eigenvalue weighted by Crippen LogP contribution is 2.24. The minimum atomic E-state index is -3.73. The lowest BCUT2D eigenvalue weighted by Crippen LogP contribution is -2.53. The van der Waals surface area contributed by atoms with E-state index >= 15 is 0 Å². The number of rotatable bonds is 11. The van der Waals surface area contributed by atoms with Crippen molar-refractivity contribution in [2.24, 2.45) is 0 Å². The van der Waals surface area contributed by atoms with Gasteiger partial charge in [0.2, 0.25) is 21.8 Å². The number of nitrogens with one attached hydrogen (secondary N) is 1. The molecule has 180 valence electrons. The number of likely N-dealkylation sites (N-methyl/N-ethyl adjacent to an activating group) is 1. The van der Waals surface area contributed by atoms with E-state index in [-0.39, 0.29) is 12.5 Å². The van der Waals surface area contributed by atoms with Crippen molar-refractivity contribution in [2.45, 2.75) is 46.6 Å². The SMILES string of the molecule is CCNC(=O)C(CC)N(CCc1ccccc1)C(=O)CN(c1cc(C)ccc1C)S(C)(=O)=O. The fourth-order valence-corrected chi connectivity index (χ4v) is 4.67. The van der Waals surface area contributed by atoms with Crippen molar-refractivity contribution in [3.63, 3.8) is 0 Å². The summed E-state index contributed by atoms with van der Waals surface area (Å²) < 4.78 is 26.5. The molecule has 0 radical (unpaired) electrons. The number of hydrogen-bond acceptors (Lipinski definition) is 4. The van der Waals surface area contributed by atoms with Crippen LogP contribution in [0.2, 0.25) is 0 Å². The van der Waals surface area contributed by atoms with Crippen LogP contribution in [0.3, 0.4) is 0 Å². The first-order valence-electron chi connectivity index (χ1n) is 11.2. The van der Waals surface area contributed by atoms with Gasteiger partial charge >= 0.3 is 0 Å². The molecular formula is C25H35N3O4S. The molecular weight excluding hydrogens is 438 g/mol. The van der Waals surface area contributed by atoms with Gasteiger partial charge in [0.25, 0.3) is 0 Å². The molecule has 0 aliphatic heterocycles. The molecule has 0 saturated heterocycles. The molecule has 0 fully saturated rings. The highest BCUT2D eigenvalue weighted by atomic mass is 32.2. The zero-order chi connectivity index (χ0) is 24.6. The van der Waals surface area contributed by atoms with Crippen molar-refractivity contribution in [2.75, 3.05) is 30.2 Å². The molecule has 0 aliphatic carbocycles. The van der Waals surface area contributed by atoms with E-state index in [1.165, 1.54) is 4.90 Å². The Kier molecular flexibility index (Phi) is 9.46. The van der Waals surface area contributed by atoms with Crippen molar-refractivity contribution in [1.82, 2.24) is 10.2 Å². The summed E-state index contributed by atoms with van der Waals surface area (Å²) >= 11 is 0. The predicted octanol–water partition coefficient (Wildman–Crippen LogP) is 3.06. The number of carbonyl (C=O) groups is 2. The molecule has 0 aliphatic rings. The van der Waals surface area contributed by atoms with Gasteiger partial charge in [-0.15, -0.1) is 0 Å². The molecule has 8 heteroatoms. The van der Waals surface area contributed by atoms with E-state index in [1.54, 1.807) is 6.07 Å². The van der Waals surface area contributed by atoms with Crippen LogP contribution in [-0.4, -0.2) is 57.1 Å². The van der Waals surface area contributed by atoms with Gasteiger partial charge in [0, 0.05) is 13.1 Å². The maximum atomic E-state index is 13.5. The first-order valence-corrected chi connectivity index (χ1v) is 13.1. The molecule has 1 atom stereocenters. The number of benzene rings is 2. The summed E-state index contributed by atoms with van der Waals surface area (Å²) in [4.78, 5) is 27.8. The minimum Gasteiger partial charge on any atom is -0.355 e. The van der Waals surface area contributed by atoms with Crippen LogP contribution >= 0.6 is 0 Å². The van der Waals surface area contributed by atoms with Crippen LogP contribution < -0.4 is 9.62 Å². The Bertz CT molecular complexity index is 1050. The van der Waals surface area contributed by atoms with Crippen LogP contribution in [-0.2, 0) is 26.0 Å². The molecule has 0 bridgehead atoms. The summed E-state index contributed by atoms with van der Waals surface area (Å²) in [7, 11) is -3.73. The van der Waals surface area contributed by atoms with Gasteiger partial charge in [-0.05, 0) is 56.4 Å². The second kappa shape index (κ2) is 11.8. The predicted molar refractivity (Wildman–Crippen MR) is 133 cm³/mol. The van der Waals surface area contributed by atoms with Crippen molar-refractivity contribution in [3.8, 4) is 0 Å². The zero-order valence-corrected chi connectivity index (χ0v) is 21.0. The van der Waals surface area contributed by atoms with Gasteiger partial charge in [-0.3, -0.25) is 13.9 Å². The highest BCUT2D eigenvalue weighted by Gasteiger charge is 2.31. The Morgan fingerprint density at radius 3 is 2.27 bits per heavy atom. The smallest absolute Gasteiger partial charge is 0.244 e. The van der Waals surface area contributed by atoms with Crippen LogP contribution in [0, 0.1) is 13.8 Å². The lowest BCUT2D eigenvalue weighted by Gasteiger charge is -2.33. The average molecular weight is 474 g/mol. The molecule has 2 aromatic rings. The number of aryl methyl sites for hydroxylation is 2. The molecule has 2 aromatic carbocycles.